The van der Waals surface area contributed by atoms with Gasteiger partial charge in [0.1, 0.15) is 18.1 Å². The third-order valence-electron chi connectivity index (χ3n) is 4.84. The van der Waals surface area contributed by atoms with E-state index in [1.54, 1.807) is 6.92 Å². The summed E-state index contributed by atoms with van der Waals surface area (Å²) >= 11 is 1.49. The maximum Gasteiger partial charge on any atom is 0.326 e. The predicted octanol–water partition coefficient (Wildman–Crippen LogP) is -0.751. The number of hydrogen-bond acceptors (Lipinski definition) is 7. The highest BCUT2D eigenvalue weighted by atomic mass is 32.2. The van der Waals surface area contributed by atoms with Crippen LogP contribution in [0.25, 0.3) is 0 Å². The highest BCUT2D eigenvalue weighted by Gasteiger charge is 2.31. The number of aromatic amines is 1. The summed E-state index contributed by atoms with van der Waals surface area (Å²) in [6.07, 6.45) is 5.82. The molecule has 0 saturated heterocycles. The fourth-order valence-electron chi connectivity index (χ4n) is 2.79. The lowest BCUT2D eigenvalue weighted by Crippen LogP contribution is -2.57. The molecule has 1 heterocycles. The number of nitrogens with zero attached hydrogens (tertiary/aromatic N) is 1. The smallest absolute Gasteiger partial charge is 0.326 e. The van der Waals surface area contributed by atoms with E-state index in [1.807, 2.05) is 13.2 Å². The first-order chi connectivity index (χ1) is 14.7. The number of carboxylic acids is 1. The first-order valence-electron chi connectivity index (χ1n) is 10.0. The molecule has 12 heteroatoms. The van der Waals surface area contributed by atoms with Gasteiger partial charge in [-0.25, -0.2) is 9.78 Å². The van der Waals surface area contributed by atoms with Crippen molar-refractivity contribution >= 4 is 35.5 Å². The van der Waals surface area contributed by atoms with Gasteiger partial charge >= 0.3 is 5.97 Å². The summed E-state index contributed by atoms with van der Waals surface area (Å²) < 4.78 is 0. The number of nitrogens with two attached hydrogens (primary N) is 1. The molecule has 0 radical (unpaired) electrons. The lowest BCUT2D eigenvalue weighted by atomic mass is 9.98. The van der Waals surface area contributed by atoms with Crippen molar-refractivity contribution in [2.24, 2.45) is 11.7 Å². The summed E-state index contributed by atoms with van der Waals surface area (Å²) in [6, 6.07) is -3.00. The fourth-order valence-corrected chi connectivity index (χ4v) is 3.26. The average molecular weight is 457 g/mol. The lowest BCUT2D eigenvalue weighted by molar-refractivity contribution is -0.143. The molecule has 7 N–H and O–H groups in total. The van der Waals surface area contributed by atoms with Crippen molar-refractivity contribution in [2.75, 3.05) is 18.6 Å². The van der Waals surface area contributed by atoms with Crippen LogP contribution in [-0.2, 0) is 25.6 Å². The van der Waals surface area contributed by atoms with E-state index in [2.05, 4.69) is 25.9 Å². The average Bonchev–Trinajstić information content (AvgIpc) is 3.26. The van der Waals surface area contributed by atoms with Crippen LogP contribution in [-0.4, -0.2) is 75.4 Å². The van der Waals surface area contributed by atoms with Gasteiger partial charge in [-0.3, -0.25) is 14.4 Å². The maximum atomic E-state index is 12.9. The molecule has 1 rings (SSSR count). The van der Waals surface area contributed by atoms with Crippen LogP contribution in [0.15, 0.2) is 12.5 Å². The van der Waals surface area contributed by atoms with Gasteiger partial charge in [-0.2, -0.15) is 11.8 Å². The zero-order chi connectivity index (χ0) is 23.4. The number of thioether (sulfide) groups is 1. The molecular weight excluding hydrogens is 424 g/mol. The van der Waals surface area contributed by atoms with Crippen molar-refractivity contribution in [2.45, 2.75) is 51.2 Å². The first-order valence-corrected chi connectivity index (χ1v) is 11.4. The number of H-pyrrole nitrogens is 1. The molecule has 3 amide bonds. The third-order valence-corrected chi connectivity index (χ3v) is 5.48. The van der Waals surface area contributed by atoms with Crippen molar-refractivity contribution in [3.63, 3.8) is 0 Å². The van der Waals surface area contributed by atoms with Crippen LogP contribution in [0.1, 0.15) is 32.4 Å². The Hall–Kier alpha value is -2.60. The summed E-state index contributed by atoms with van der Waals surface area (Å²) in [5, 5.41) is 17.2. The second kappa shape index (κ2) is 13.7. The van der Waals surface area contributed by atoms with E-state index in [9.17, 15) is 24.3 Å². The van der Waals surface area contributed by atoms with Crippen LogP contribution >= 0.6 is 11.8 Å². The van der Waals surface area contributed by atoms with Crippen LogP contribution in [0, 0.1) is 5.92 Å². The van der Waals surface area contributed by atoms with E-state index < -0.39 is 41.8 Å². The third kappa shape index (κ3) is 8.97. The summed E-state index contributed by atoms with van der Waals surface area (Å²) in [5.41, 5.74) is 5.96. The van der Waals surface area contributed by atoms with Crippen molar-refractivity contribution in [3.8, 4) is 0 Å². The Bertz CT molecular complexity index is 729. The lowest BCUT2D eigenvalue weighted by Gasteiger charge is -2.26. The molecular formula is C19H32N6O5S. The summed E-state index contributed by atoms with van der Waals surface area (Å²) in [5.74, 6) is -2.53. The number of amides is 3. The normalized spacial score (nSPS) is 14.7. The van der Waals surface area contributed by atoms with Crippen LogP contribution < -0.4 is 21.7 Å². The Balaban J connectivity index is 2.96. The SMILES string of the molecule is CCC(C)C(NC(=O)C(CCSC)NC(=O)C(Cc1cnc[nH]1)NC(=O)CN)C(=O)O. The number of rotatable bonds is 14. The van der Waals surface area contributed by atoms with Gasteiger partial charge in [0.05, 0.1) is 12.9 Å². The Morgan fingerprint density at radius 1 is 1.19 bits per heavy atom. The topological polar surface area (TPSA) is 179 Å². The predicted molar refractivity (Wildman–Crippen MR) is 117 cm³/mol. The van der Waals surface area contributed by atoms with Gasteiger partial charge in [0.25, 0.3) is 0 Å². The molecule has 31 heavy (non-hydrogen) atoms. The van der Waals surface area contributed by atoms with Crippen molar-refractivity contribution in [1.29, 1.82) is 0 Å². The van der Waals surface area contributed by atoms with Gasteiger partial charge in [0.2, 0.25) is 17.7 Å². The molecule has 0 bridgehead atoms. The molecule has 0 aromatic carbocycles. The van der Waals surface area contributed by atoms with Gasteiger partial charge < -0.3 is 31.8 Å². The van der Waals surface area contributed by atoms with Crippen molar-refractivity contribution < 1.29 is 24.3 Å². The highest BCUT2D eigenvalue weighted by Crippen LogP contribution is 2.10. The molecule has 0 aliphatic carbocycles. The first kappa shape index (κ1) is 26.4. The van der Waals surface area contributed by atoms with Gasteiger partial charge in [0.15, 0.2) is 0 Å². The molecule has 0 aliphatic heterocycles. The van der Waals surface area contributed by atoms with Gasteiger partial charge in [0, 0.05) is 18.3 Å². The number of imidazole rings is 1. The summed E-state index contributed by atoms with van der Waals surface area (Å²) in [7, 11) is 0. The summed E-state index contributed by atoms with van der Waals surface area (Å²) in [4.78, 5) is 55.8. The Kier molecular flexibility index (Phi) is 11.6. The van der Waals surface area contributed by atoms with Crippen LogP contribution in [0.4, 0.5) is 0 Å². The number of carbonyl (C=O) groups is 4. The standard InChI is InChI=1S/C19H32N6O5S/c1-4-11(2)16(19(29)30)25-17(27)13(5-6-31-3)24-18(28)14(23-15(26)8-20)7-12-9-21-10-22-12/h9-11,13-14,16H,4-8,20H2,1-3H3,(H,21,22)(H,23,26)(H,24,28)(H,25,27)(H,29,30). The van der Waals surface area contributed by atoms with Gasteiger partial charge in [-0.05, 0) is 24.3 Å². The number of carbonyl (C=O) groups excluding carboxylic acids is 3. The fraction of sp³-hybridized carbons (Fsp3) is 0.632. The number of carboxylic acid groups (broad SMARTS) is 1. The van der Waals surface area contributed by atoms with Crippen molar-refractivity contribution in [1.82, 2.24) is 25.9 Å². The Morgan fingerprint density at radius 2 is 1.87 bits per heavy atom. The molecule has 0 saturated carbocycles. The van der Waals surface area contributed by atoms with E-state index in [-0.39, 0.29) is 18.9 Å². The summed E-state index contributed by atoms with van der Waals surface area (Å²) in [6.45, 7) is 3.27. The second-order valence-electron chi connectivity index (χ2n) is 7.16. The zero-order valence-corrected chi connectivity index (χ0v) is 18.8. The van der Waals surface area contributed by atoms with E-state index >= 15 is 0 Å². The quantitative estimate of drug-likeness (QED) is 0.211. The molecule has 0 spiro atoms. The number of nitrogens with one attached hydrogen (secondary N) is 4. The zero-order valence-electron chi connectivity index (χ0n) is 18.0. The number of hydrogen-bond donors (Lipinski definition) is 6. The molecule has 11 nitrogen and oxygen atoms in total. The molecule has 0 fully saturated rings. The van der Waals surface area contributed by atoms with Gasteiger partial charge in [-0.15, -0.1) is 0 Å². The molecule has 174 valence electrons. The maximum absolute atomic E-state index is 12.9. The number of aromatic nitrogens is 2. The second-order valence-corrected chi connectivity index (χ2v) is 8.14. The Labute approximate surface area is 185 Å². The van der Waals surface area contributed by atoms with E-state index in [0.717, 1.165) is 0 Å². The molecule has 1 aromatic rings. The Morgan fingerprint density at radius 3 is 2.39 bits per heavy atom. The van der Waals surface area contributed by atoms with E-state index in [0.29, 0.717) is 24.3 Å². The largest absolute Gasteiger partial charge is 0.480 e. The van der Waals surface area contributed by atoms with Crippen molar-refractivity contribution in [3.05, 3.63) is 18.2 Å². The molecule has 0 aliphatic rings. The number of aliphatic carboxylic acids is 1. The van der Waals surface area contributed by atoms with Gasteiger partial charge in [-0.1, -0.05) is 20.3 Å². The molecule has 4 atom stereocenters. The van der Waals surface area contributed by atoms with Crippen LogP contribution in [0.5, 0.6) is 0 Å². The minimum atomic E-state index is -1.13. The minimum Gasteiger partial charge on any atom is -0.480 e. The van der Waals surface area contributed by atoms with E-state index in [1.165, 1.54) is 24.3 Å². The van der Waals surface area contributed by atoms with Crippen LogP contribution in [0.2, 0.25) is 0 Å². The van der Waals surface area contributed by atoms with E-state index in [4.69, 9.17) is 5.73 Å². The monoisotopic (exact) mass is 456 g/mol. The highest BCUT2D eigenvalue weighted by molar-refractivity contribution is 7.98. The van der Waals surface area contributed by atoms with Crippen LogP contribution in [0.3, 0.4) is 0 Å². The molecule has 4 unspecified atom stereocenters. The minimum absolute atomic E-state index is 0.124. The molecule has 1 aromatic heterocycles.